The molecule has 4 heteroatoms. The highest BCUT2D eigenvalue weighted by molar-refractivity contribution is 5.70. The van der Waals surface area contributed by atoms with Crippen LogP contribution in [0, 0.1) is 6.92 Å². The zero-order valence-corrected chi connectivity index (χ0v) is 20.3. The largest absolute Gasteiger partial charge is 0.496 e. The molecule has 0 bridgehead atoms. The van der Waals surface area contributed by atoms with Crippen molar-refractivity contribution < 1.29 is 14.2 Å². The molecule has 0 saturated carbocycles. The smallest absolute Gasteiger partial charge is 0.129 e. The Morgan fingerprint density at radius 3 is 1.97 bits per heavy atom. The highest BCUT2D eigenvalue weighted by atomic mass is 16.5. The second-order valence-corrected chi connectivity index (χ2v) is 8.11. The van der Waals surface area contributed by atoms with E-state index >= 15 is 0 Å². The molecule has 3 aromatic carbocycles. The first kappa shape index (κ1) is 23.4. The van der Waals surface area contributed by atoms with Gasteiger partial charge in [0.15, 0.2) is 0 Å². The van der Waals surface area contributed by atoms with Crippen molar-refractivity contribution in [1.29, 1.82) is 0 Å². The third-order valence-electron chi connectivity index (χ3n) is 5.95. The first-order chi connectivity index (χ1) is 16.6. The Kier molecular flexibility index (Phi) is 7.48. The van der Waals surface area contributed by atoms with Crippen LogP contribution in [0.1, 0.15) is 36.2 Å². The number of hydrogen-bond acceptors (Lipinski definition) is 4. The van der Waals surface area contributed by atoms with Crippen LogP contribution in [0.15, 0.2) is 78.9 Å². The fourth-order valence-corrected chi connectivity index (χ4v) is 4.11. The third kappa shape index (κ3) is 5.23. The van der Waals surface area contributed by atoms with Gasteiger partial charge in [0.2, 0.25) is 0 Å². The van der Waals surface area contributed by atoms with E-state index in [1.165, 1.54) is 16.7 Å². The molecule has 0 spiro atoms. The SMILES string of the molecule is CCc1cccc(CC)c1-c1cc(OC)c(COc2ccc(Oc3ccccc3)cc2)c(C)n1. The van der Waals surface area contributed by atoms with E-state index in [0.717, 1.165) is 52.8 Å². The standard InChI is InChI=1S/C30H31NO3/c1-5-22-11-10-12-23(6-2)30(22)28-19-29(32-4)27(21(3)31-28)20-33-24-15-17-26(18-16-24)34-25-13-8-7-9-14-25/h7-19H,5-6,20H2,1-4H3. The van der Waals surface area contributed by atoms with Gasteiger partial charge in [-0.2, -0.15) is 0 Å². The number of hydrogen-bond donors (Lipinski definition) is 0. The van der Waals surface area contributed by atoms with Crippen molar-refractivity contribution in [1.82, 2.24) is 4.98 Å². The topological polar surface area (TPSA) is 40.6 Å². The Labute approximate surface area is 202 Å². The molecule has 0 radical (unpaired) electrons. The highest BCUT2D eigenvalue weighted by Gasteiger charge is 2.16. The zero-order chi connectivity index (χ0) is 23.9. The van der Waals surface area contributed by atoms with E-state index in [2.05, 4.69) is 32.0 Å². The number of aromatic nitrogens is 1. The van der Waals surface area contributed by atoms with Crippen molar-refractivity contribution >= 4 is 0 Å². The van der Waals surface area contributed by atoms with Crippen LogP contribution in [0.5, 0.6) is 23.0 Å². The van der Waals surface area contributed by atoms with Gasteiger partial charge in [0.1, 0.15) is 29.6 Å². The summed E-state index contributed by atoms with van der Waals surface area (Å²) in [5.41, 5.74) is 6.63. The molecule has 1 heterocycles. The lowest BCUT2D eigenvalue weighted by Gasteiger charge is -2.17. The highest BCUT2D eigenvalue weighted by Crippen LogP contribution is 2.33. The Morgan fingerprint density at radius 1 is 0.735 bits per heavy atom. The van der Waals surface area contributed by atoms with Gasteiger partial charge >= 0.3 is 0 Å². The quantitative estimate of drug-likeness (QED) is 0.262. The maximum atomic E-state index is 6.08. The average molecular weight is 454 g/mol. The predicted octanol–water partition coefficient (Wildman–Crippen LogP) is 7.56. The molecule has 0 N–H and O–H groups in total. The van der Waals surface area contributed by atoms with Crippen LogP contribution in [0.3, 0.4) is 0 Å². The summed E-state index contributed by atoms with van der Waals surface area (Å²) in [6.45, 7) is 6.75. The van der Waals surface area contributed by atoms with Crippen LogP contribution in [-0.4, -0.2) is 12.1 Å². The third-order valence-corrected chi connectivity index (χ3v) is 5.95. The molecule has 0 aliphatic heterocycles. The average Bonchev–Trinajstić information content (AvgIpc) is 2.88. The lowest BCUT2D eigenvalue weighted by molar-refractivity contribution is 0.294. The molecule has 34 heavy (non-hydrogen) atoms. The summed E-state index contributed by atoms with van der Waals surface area (Å²) >= 11 is 0. The molecule has 0 aliphatic carbocycles. The van der Waals surface area contributed by atoms with E-state index in [1.807, 2.05) is 67.6 Å². The molecule has 4 nitrogen and oxygen atoms in total. The molecule has 1 aromatic heterocycles. The normalized spacial score (nSPS) is 10.7. The molecular weight excluding hydrogens is 422 g/mol. The number of aryl methyl sites for hydroxylation is 3. The number of benzene rings is 3. The van der Waals surface area contributed by atoms with E-state index in [4.69, 9.17) is 19.2 Å². The lowest BCUT2D eigenvalue weighted by Crippen LogP contribution is -2.05. The molecule has 0 atom stereocenters. The summed E-state index contributed by atoms with van der Waals surface area (Å²) in [4.78, 5) is 4.96. The van der Waals surface area contributed by atoms with Crippen LogP contribution in [-0.2, 0) is 19.4 Å². The summed E-state index contributed by atoms with van der Waals surface area (Å²) in [5, 5.41) is 0. The fraction of sp³-hybridized carbons (Fsp3) is 0.233. The first-order valence-corrected chi connectivity index (χ1v) is 11.7. The van der Waals surface area contributed by atoms with Crippen LogP contribution in [0.4, 0.5) is 0 Å². The van der Waals surface area contributed by atoms with Crippen molar-refractivity contribution in [3.05, 3.63) is 101 Å². The molecule has 0 amide bonds. The van der Waals surface area contributed by atoms with Crippen LogP contribution < -0.4 is 14.2 Å². The van der Waals surface area contributed by atoms with Gasteiger partial charge in [-0.15, -0.1) is 0 Å². The summed E-state index contributed by atoms with van der Waals surface area (Å²) < 4.78 is 17.7. The minimum Gasteiger partial charge on any atom is -0.496 e. The van der Waals surface area contributed by atoms with Gasteiger partial charge in [-0.1, -0.05) is 50.2 Å². The molecule has 4 aromatic rings. The van der Waals surface area contributed by atoms with Gasteiger partial charge in [0, 0.05) is 17.3 Å². The van der Waals surface area contributed by atoms with Crippen LogP contribution >= 0.6 is 0 Å². The van der Waals surface area contributed by atoms with Gasteiger partial charge in [-0.05, 0) is 67.3 Å². The van der Waals surface area contributed by atoms with Gasteiger partial charge in [-0.25, -0.2) is 0 Å². The lowest BCUT2D eigenvalue weighted by atomic mass is 9.94. The monoisotopic (exact) mass is 453 g/mol. The molecule has 0 aliphatic rings. The predicted molar refractivity (Wildman–Crippen MR) is 137 cm³/mol. The van der Waals surface area contributed by atoms with Crippen molar-refractivity contribution in [3.63, 3.8) is 0 Å². The molecular formula is C30H31NO3. The van der Waals surface area contributed by atoms with Gasteiger partial charge < -0.3 is 14.2 Å². The number of nitrogens with zero attached hydrogens (tertiary/aromatic N) is 1. The Bertz CT molecular complexity index is 1210. The van der Waals surface area contributed by atoms with E-state index in [1.54, 1.807) is 7.11 Å². The second kappa shape index (κ2) is 10.9. The molecule has 4 rings (SSSR count). The molecule has 0 unspecified atom stereocenters. The number of ether oxygens (including phenoxy) is 3. The minimum absolute atomic E-state index is 0.372. The number of rotatable bonds is 9. The Hall–Kier alpha value is -3.79. The molecule has 174 valence electrons. The van der Waals surface area contributed by atoms with Crippen LogP contribution in [0.25, 0.3) is 11.3 Å². The van der Waals surface area contributed by atoms with Crippen LogP contribution in [0.2, 0.25) is 0 Å². The van der Waals surface area contributed by atoms with Crippen molar-refractivity contribution in [2.24, 2.45) is 0 Å². The van der Waals surface area contributed by atoms with Gasteiger partial charge in [0.05, 0.1) is 18.4 Å². The maximum absolute atomic E-state index is 6.08. The Balaban J connectivity index is 1.53. The van der Waals surface area contributed by atoms with Gasteiger partial charge in [-0.3, -0.25) is 4.98 Å². The number of para-hydroxylation sites is 1. The Morgan fingerprint density at radius 2 is 1.35 bits per heavy atom. The summed E-state index contributed by atoms with van der Waals surface area (Å²) in [5.74, 6) is 3.12. The van der Waals surface area contributed by atoms with E-state index in [-0.39, 0.29) is 0 Å². The summed E-state index contributed by atoms with van der Waals surface area (Å²) in [7, 11) is 1.70. The van der Waals surface area contributed by atoms with Gasteiger partial charge in [0.25, 0.3) is 0 Å². The maximum Gasteiger partial charge on any atom is 0.129 e. The molecule has 0 fully saturated rings. The van der Waals surface area contributed by atoms with E-state index in [0.29, 0.717) is 6.61 Å². The first-order valence-electron chi connectivity index (χ1n) is 11.7. The fourth-order valence-electron chi connectivity index (χ4n) is 4.11. The number of methoxy groups -OCH3 is 1. The zero-order valence-electron chi connectivity index (χ0n) is 20.3. The minimum atomic E-state index is 0.372. The summed E-state index contributed by atoms with van der Waals surface area (Å²) in [6.07, 6.45) is 1.92. The van der Waals surface area contributed by atoms with E-state index < -0.39 is 0 Å². The van der Waals surface area contributed by atoms with Crippen molar-refractivity contribution in [3.8, 4) is 34.3 Å². The second-order valence-electron chi connectivity index (χ2n) is 8.11. The van der Waals surface area contributed by atoms with Crippen molar-refractivity contribution in [2.45, 2.75) is 40.2 Å². The summed E-state index contributed by atoms with van der Waals surface area (Å²) in [6, 6.07) is 25.9. The van der Waals surface area contributed by atoms with E-state index in [9.17, 15) is 0 Å². The molecule has 0 saturated heterocycles. The number of pyridine rings is 1. The van der Waals surface area contributed by atoms with Crippen molar-refractivity contribution in [2.75, 3.05) is 7.11 Å².